The Morgan fingerprint density at radius 3 is 2.40 bits per heavy atom. The van der Waals surface area contributed by atoms with E-state index in [9.17, 15) is 9.18 Å². The van der Waals surface area contributed by atoms with Gasteiger partial charge in [-0.15, -0.1) is 0 Å². The summed E-state index contributed by atoms with van der Waals surface area (Å²) >= 11 is 0. The van der Waals surface area contributed by atoms with Gasteiger partial charge >= 0.3 is 5.97 Å². The quantitative estimate of drug-likeness (QED) is 0.824. The first-order chi connectivity index (χ1) is 9.68. The lowest BCUT2D eigenvalue weighted by atomic mass is 10.2. The van der Waals surface area contributed by atoms with Gasteiger partial charge in [0.2, 0.25) is 0 Å². The smallest absolute Gasteiger partial charge is 0.342 e. The summed E-state index contributed by atoms with van der Waals surface area (Å²) in [6, 6.07) is 13.0. The van der Waals surface area contributed by atoms with Crippen LogP contribution in [-0.4, -0.2) is 24.3 Å². The van der Waals surface area contributed by atoms with Crippen LogP contribution in [0.25, 0.3) is 0 Å². The van der Waals surface area contributed by atoms with E-state index in [0.717, 1.165) is 6.07 Å². The number of halogens is 1. The number of ether oxygens (including phenoxy) is 2. The van der Waals surface area contributed by atoms with Crippen molar-refractivity contribution in [2.24, 2.45) is 0 Å². The van der Waals surface area contributed by atoms with Crippen molar-refractivity contribution in [2.75, 3.05) is 13.2 Å². The first-order valence-electron chi connectivity index (χ1n) is 6.01. The molecule has 104 valence electrons. The van der Waals surface area contributed by atoms with Crippen LogP contribution in [0.3, 0.4) is 0 Å². The second kappa shape index (κ2) is 6.56. The van der Waals surface area contributed by atoms with Crippen molar-refractivity contribution >= 4 is 5.97 Å². The molecule has 20 heavy (non-hydrogen) atoms. The highest BCUT2D eigenvalue weighted by Gasteiger charge is 2.16. The molecule has 0 aliphatic heterocycles. The van der Waals surface area contributed by atoms with Gasteiger partial charge in [-0.2, -0.15) is 0 Å². The van der Waals surface area contributed by atoms with Crippen molar-refractivity contribution in [3.05, 3.63) is 59.9 Å². The van der Waals surface area contributed by atoms with Crippen LogP contribution in [0.1, 0.15) is 10.4 Å². The third-order valence-corrected chi connectivity index (χ3v) is 2.54. The summed E-state index contributed by atoms with van der Waals surface area (Å²) in [7, 11) is 0. The van der Waals surface area contributed by atoms with E-state index in [0.29, 0.717) is 5.75 Å². The van der Waals surface area contributed by atoms with Crippen molar-refractivity contribution in [1.29, 1.82) is 0 Å². The maximum Gasteiger partial charge on any atom is 0.342 e. The van der Waals surface area contributed by atoms with Crippen molar-refractivity contribution in [3.63, 3.8) is 0 Å². The maximum atomic E-state index is 13.4. The molecule has 0 heterocycles. The highest BCUT2D eigenvalue weighted by molar-refractivity contribution is 5.91. The summed E-state index contributed by atoms with van der Waals surface area (Å²) in [6.45, 7) is 0.359. The Hall–Kier alpha value is -2.56. The first-order valence-corrected chi connectivity index (χ1v) is 6.01. The van der Waals surface area contributed by atoms with Crippen molar-refractivity contribution in [3.8, 4) is 11.5 Å². The lowest BCUT2D eigenvalue weighted by molar-refractivity contribution is 0.0685. The number of carboxylic acid groups (broad SMARTS) is 1. The predicted molar refractivity (Wildman–Crippen MR) is 70.8 cm³/mol. The van der Waals surface area contributed by atoms with Gasteiger partial charge in [0.25, 0.3) is 0 Å². The SMILES string of the molecule is O=C(O)c1c(F)cccc1OCCOc1ccccc1. The Morgan fingerprint density at radius 2 is 1.70 bits per heavy atom. The van der Waals surface area contributed by atoms with Crippen LogP contribution in [0.4, 0.5) is 4.39 Å². The Morgan fingerprint density at radius 1 is 1.00 bits per heavy atom. The number of para-hydroxylation sites is 1. The molecule has 5 heteroatoms. The van der Waals surface area contributed by atoms with Gasteiger partial charge in [-0.3, -0.25) is 0 Å². The molecule has 0 radical (unpaired) electrons. The van der Waals surface area contributed by atoms with E-state index in [2.05, 4.69) is 0 Å². The zero-order chi connectivity index (χ0) is 14.4. The molecule has 0 aromatic heterocycles. The fourth-order valence-electron chi connectivity index (χ4n) is 1.66. The van der Waals surface area contributed by atoms with E-state index in [4.69, 9.17) is 14.6 Å². The molecule has 0 saturated heterocycles. The number of hydrogen-bond donors (Lipinski definition) is 1. The zero-order valence-electron chi connectivity index (χ0n) is 10.6. The van der Waals surface area contributed by atoms with Gasteiger partial charge in [0.15, 0.2) is 0 Å². The largest absolute Gasteiger partial charge is 0.490 e. The molecular formula is C15H13FO4. The van der Waals surface area contributed by atoms with Crippen LogP contribution in [-0.2, 0) is 0 Å². The topological polar surface area (TPSA) is 55.8 Å². The summed E-state index contributed by atoms with van der Waals surface area (Å²) < 4.78 is 24.0. The predicted octanol–water partition coefficient (Wildman–Crippen LogP) is 2.98. The molecular weight excluding hydrogens is 263 g/mol. The zero-order valence-corrected chi connectivity index (χ0v) is 10.6. The number of benzene rings is 2. The van der Waals surface area contributed by atoms with Crippen LogP contribution in [0, 0.1) is 5.82 Å². The maximum absolute atomic E-state index is 13.4. The molecule has 2 rings (SSSR count). The lowest BCUT2D eigenvalue weighted by Crippen LogP contribution is -2.12. The molecule has 2 aromatic rings. The van der Waals surface area contributed by atoms with Gasteiger partial charge < -0.3 is 14.6 Å². The summed E-state index contributed by atoms with van der Waals surface area (Å²) in [5.74, 6) is -1.50. The minimum Gasteiger partial charge on any atom is -0.490 e. The second-order valence-electron chi connectivity index (χ2n) is 3.93. The van der Waals surface area contributed by atoms with Crippen LogP contribution in [0.5, 0.6) is 11.5 Å². The lowest BCUT2D eigenvalue weighted by Gasteiger charge is -2.10. The normalized spacial score (nSPS) is 10.1. The Kier molecular flexibility index (Phi) is 4.55. The van der Waals surface area contributed by atoms with Gasteiger partial charge in [-0.25, -0.2) is 9.18 Å². The van der Waals surface area contributed by atoms with Gasteiger partial charge in [-0.05, 0) is 24.3 Å². The summed E-state index contributed by atoms with van der Waals surface area (Å²) in [6.07, 6.45) is 0. The fraction of sp³-hybridized carbons (Fsp3) is 0.133. The monoisotopic (exact) mass is 276 g/mol. The number of hydrogen-bond acceptors (Lipinski definition) is 3. The molecule has 0 atom stereocenters. The van der Waals surface area contributed by atoms with E-state index in [1.54, 1.807) is 12.1 Å². The van der Waals surface area contributed by atoms with Gasteiger partial charge in [0.1, 0.15) is 36.1 Å². The fourth-order valence-corrected chi connectivity index (χ4v) is 1.66. The van der Waals surface area contributed by atoms with Gasteiger partial charge in [-0.1, -0.05) is 24.3 Å². The minimum absolute atomic E-state index is 0.00541. The Bertz CT molecular complexity index is 584. The van der Waals surface area contributed by atoms with Crippen molar-refractivity contribution in [1.82, 2.24) is 0 Å². The molecule has 0 aliphatic carbocycles. The van der Waals surface area contributed by atoms with Crippen molar-refractivity contribution in [2.45, 2.75) is 0 Å². The molecule has 2 aromatic carbocycles. The molecule has 1 N–H and O–H groups in total. The second-order valence-corrected chi connectivity index (χ2v) is 3.93. The molecule has 0 amide bonds. The van der Waals surface area contributed by atoms with Gasteiger partial charge in [0.05, 0.1) is 0 Å². The average molecular weight is 276 g/mol. The Labute approximate surface area is 115 Å². The van der Waals surface area contributed by atoms with E-state index < -0.39 is 17.3 Å². The van der Waals surface area contributed by atoms with Crippen LogP contribution >= 0.6 is 0 Å². The minimum atomic E-state index is -1.36. The summed E-state index contributed by atoms with van der Waals surface area (Å²) in [5.41, 5.74) is -0.466. The molecule has 0 fully saturated rings. The van der Waals surface area contributed by atoms with E-state index in [1.165, 1.54) is 12.1 Å². The number of aromatic carboxylic acids is 1. The summed E-state index contributed by atoms with van der Waals surface area (Å²) in [4.78, 5) is 10.9. The standard InChI is InChI=1S/C15H13FO4/c16-12-7-4-8-13(14(12)15(17)18)20-10-9-19-11-5-2-1-3-6-11/h1-8H,9-10H2,(H,17,18). The first kappa shape index (κ1) is 13.9. The van der Waals surface area contributed by atoms with Crippen LogP contribution < -0.4 is 9.47 Å². The van der Waals surface area contributed by atoms with E-state index in [1.807, 2.05) is 18.2 Å². The Balaban J connectivity index is 1.92. The molecule has 0 bridgehead atoms. The molecule has 0 aliphatic rings. The highest BCUT2D eigenvalue weighted by Crippen LogP contribution is 2.21. The summed E-state index contributed by atoms with van der Waals surface area (Å²) in [5, 5.41) is 8.93. The van der Waals surface area contributed by atoms with Crippen molar-refractivity contribution < 1.29 is 23.8 Å². The third-order valence-electron chi connectivity index (χ3n) is 2.54. The number of carbonyl (C=O) groups is 1. The van der Waals surface area contributed by atoms with E-state index in [-0.39, 0.29) is 19.0 Å². The van der Waals surface area contributed by atoms with Gasteiger partial charge in [0, 0.05) is 0 Å². The highest BCUT2D eigenvalue weighted by atomic mass is 19.1. The van der Waals surface area contributed by atoms with E-state index >= 15 is 0 Å². The average Bonchev–Trinajstić information content (AvgIpc) is 2.44. The number of carboxylic acids is 1. The molecule has 4 nitrogen and oxygen atoms in total. The molecule has 0 saturated carbocycles. The molecule has 0 unspecified atom stereocenters. The van der Waals surface area contributed by atoms with Crippen LogP contribution in [0.2, 0.25) is 0 Å². The third kappa shape index (κ3) is 3.47. The number of rotatable bonds is 6. The van der Waals surface area contributed by atoms with Crippen LogP contribution in [0.15, 0.2) is 48.5 Å². The molecule has 0 spiro atoms.